The highest BCUT2D eigenvalue weighted by molar-refractivity contribution is 5.68. The van der Waals surface area contributed by atoms with Crippen LogP contribution in [0.5, 0.6) is 5.75 Å². The summed E-state index contributed by atoms with van der Waals surface area (Å²) < 4.78 is 40.6. The highest BCUT2D eigenvalue weighted by Crippen LogP contribution is 2.34. The van der Waals surface area contributed by atoms with Crippen LogP contribution in [0.15, 0.2) is 54.9 Å². The molecule has 1 atom stereocenters. The first-order valence-electron chi connectivity index (χ1n) is 11.6. The quantitative estimate of drug-likeness (QED) is 0.502. The van der Waals surface area contributed by atoms with E-state index >= 15 is 0 Å². The number of pyridine rings is 1. The molecule has 1 aromatic carbocycles. The maximum atomic E-state index is 14.9. The van der Waals surface area contributed by atoms with E-state index in [1.54, 1.807) is 57.4 Å². The Morgan fingerprint density at radius 2 is 2.00 bits per heavy atom. The average Bonchev–Trinajstić information content (AvgIpc) is 2.85. The van der Waals surface area contributed by atoms with Gasteiger partial charge < -0.3 is 19.7 Å². The van der Waals surface area contributed by atoms with Crippen LogP contribution in [-0.2, 0) is 4.74 Å². The molecule has 1 aliphatic heterocycles. The highest BCUT2D eigenvalue weighted by atomic mass is 19.3. The van der Waals surface area contributed by atoms with Crippen molar-refractivity contribution in [3.63, 3.8) is 0 Å². The number of benzene rings is 1. The Kier molecular flexibility index (Phi) is 7.20. The summed E-state index contributed by atoms with van der Waals surface area (Å²) in [5.74, 6) is -2.42. The molecular weight excluding hydrogens is 482 g/mol. The van der Waals surface area contributed by atoms with Gasteiger partial charge >= 0.3 is 12.0 Å². The van der Waals surface area contributed by atoms with Crippen LogP contribution in [0.4, 0.5) is 25.3 Å². The third-order valence-electron chi connectivity index (χ3n) is 5.41. The van der Waals surface area contributed by atoms with Crippen molar-refractivity contribution >= 4 is 17.9 Å². The number of aromatic nitrogens is 3. The van der Waals surface area contributed by atoms with Crippen molar-refractivity contribution in [1.82, 2.24) is 19.9 Å². The zero-order valence-corrected chi connectivity index (χ0v) is 20.6. The number of hydrogen-bond donors (Lipinski definition) is 1. The number of nitrogens with zero attached hydrogens (tertiary/aromatic N) is 5. The van der Waals surface area contributed by atoms with Gasteiger partial charge in [0.05, 0.1) is 17.8 Å². The van der Waals surface area contributed by atoms with Crippen molar-refractivity contribution < 1.29 is 23.0 Å². The molecule has 37 heavy (non-hydrogen) atoms. The van der Waals surface area contributed by atoms with Crippen molar-refractivity contribution in [2.24, 2.45) is 0 Å². The Hall–Kier alpha value is -4.33. The highest BCUT2D eigenvalue weighted by Gasteiger charge is 2.48. The number of rotatable bonds is 5. The predicted octanol–water partition coefficient (Wildman–Crippen LogP) is 5.18. The fourth-order valence-electron chi connectivity index (χ4n) is 3.71. The van der Waals surface area contributed by atoms with Crippen LogP contribution in [0, 0.1) is 11.3 Å². The summed E-state index contributed by atoms with van der Waals surface area (Å²) in [6.07, 6.45) is 0.776. The second-order valence-corrected chi connectivity index (χ2v) is 9.49. The lowest BCUT2D eigenvalue weighted by Crippen LogP contribution is -2.56. The molecule has 3 aromatic rings. The van der Waals surface area contributed by atoms with Gasteiger partial charge in [-0.1, -0.05) is 6.07 Å². The van der Waals surface area contributed by atoms with Crippen LogP contribution in [0.1, 0.15) is 32.8 Å². The molecule has 1 unspecified atom stereocenters. The lowest BCUT2D eigenvalue weighted by Gasteiger charge is -2.38. The molecule has 1 fully saturated rings. The molecule has 1 amide bonds. The largest absolute Gasteiger partial charge is 0.483 e. The molecule has 0 saturated carbocycles. The molecule has 0 bridgehead atoms. The van der Waals surface area contributed by atoms with E-state index in [1.807, 2.05) is 12.1 Å². The van der Waals surface area contributed by atoms with Gasteiger partial charge in [0.1, 0.15) is 23.2 Å². The molecule has 1 aliphatic rings. The van der Waals surface area contributed by atoms with Crippen molar-refractivity contribution in [2.75, 3.05) is 18.4 Å². The van der Waals surface area contributed by atoms with E-state index in [0.717, 1.165) is 4.90 Å². The number of halogens is 2. The number of likely N-dealkylation sites (tertiary alicyclic amines) is 1. The molecule has 192 valence electrons. The zero-order valence-electron chi connectivity index (χ0n) is 20.6. The van der Waals surface area contributed by atoms with Gasteiger partial charge in [-0.15, -0.1) is 0 Å². The summed E-state index contributed by atoms with van der Waals surface area (Å²) in [6.45, 7) is 4.23. The van der Waals surface area contributed by atoms with E-state index in [2.05, 4.69) is 20.3 Å². The predicted molar refractivity (Wildman–Crippen MR) is 131 cm³/mol. The Labute approximate surface area is 213 Å². The molecule has 0 radical (unpaired) electrons. The van der Waals surface area contributed by atoms with Crippen LogP contribution >= 0.6 is 0 Å². The first-order valence-corrected chi connectivity index (χ1v) is 11.6. The maximum absolute atomic E-state index is 14.9. The van der Waals surface area contributed by atoms with Crippen LogP contribution in [-0.4, -0.2) is 56.7 Å². The minimum atomic E-state index is -3.33. The third-order valence-corrected chi connectivity index (χ3v) is 5.41. The maximum Gasteiger partial charge on any atom is 0.410 e. The van der Waals surface area contributed by atoms with E-state index in [-0.39, 0.29) is 24.3 Å². The zero-order chi connectivity index (χ0) is 26.6. The first kappa shape index (κ1) is 25.8. The number of anilines is 2. The summed E-state index contributed by atoms with van der Waals surface area (Å²) in [4.78, 5) is 26.0. The molecule has 9 nitrogen and oxygen atoms in total. The molecule has 0 aliphatic carbocycles. The van der Waals surface area contributed by atoms with Crippen LogP contribution in [0.25, 0.3) is 11.3 Å². The number of piperidine rings is 1. The topological polar surface area (TPSA) is 113 Å². The number of nitrogens with one attached hydrogen (secondary N) is 1. The molecule has 2 aromatic heterocycles. The molecule has 1 N–H and O–H groups in total. The Bertz CT molecular complexity index is 1310. The fourth-order valence-corrected chi connectivity index (χ4v) is 3.71. The lowest BCUT2D eigenvalue weighted by atomic mass is 10.0. The molecule has 11 heteroatoms. The average molecular weight is 509 g/mol. The van der Waals surface area contributed by atoms with Crippen molar-refractivity contribution in [3.05, 3.63) is 60.4 Å². The van der Waals surface area contributed by atoms with Gasteiger partial charge in [-0.05, 0) is 57.2 Å². The number of hydrogen-bond acceptors (Lipinski definition) is 8. The number of ether oxygens (including phenoxy) is 2. The minimum absolute atomic E-state index is 0.0301. The van der Waals surface area contributed by atoms with Gasteiger partial charge in [-0.25, -0.2) is 28.5 Å². The van der Waals surface area contributed by atoms with E-state index in [9.17, 15) is 18.8 Å². The van der Waals surface area contributed by atoms with Gasteiger partial charge in [0.15, 0.2) is 6.10 Å². The van der Waals surface area contributed by atoms with Gasteiger partial charge in [-0.2, -0.15) is 5.26 Å². The SMILES string of the molecule is CC(C)(C)OC(=O)N1CCC(Oc2ccc(-c3ccnc(Nc4ccccn4)n3)cc2C#N)C(F)(F)C1. The van der Waals surface area contributed by atoms with Crippen molar-refractivity contribution in [2.45, 2.75) is 44.8 Å². The van der Waals surface area contributed by atoms with Crippen molar-refractivity contribution in [1.29, 1.82) is 5.26 Å². The van der Waals surface area contributed by atoms with E-state index in [4.69, 9.17) is 9.47 Å². The monoisotopic (exact) mass is 508 g/mol. The second-order valence-electron chi connectivity index (χ2n) is 9.49. The number of amides is 1. The summed E-state index contributed by atoms with van der Waals surface area (Å²) in [7, 11) is 0. The minimum Gasteiger partial charge on any atom is -0.483 e. The molecule has 3 heterocycles. The molecule has 1 saturated heterocycles. The summed E-state index contributed by atoms with van der Waals surface area (Å²) in [5, 5.41) is 12.7. The van der Waals surface area contributed by atoms with Crippen molar-refractivity contribution in [3.8, 4) is 23.1 Å². The van der Waals surface area contributed by atoms with E-state index < -0.39 is 30.3 Å². The van der Waals surface area contributed by atoms with Crippen LogP contribution in [0.2, 0.25) is 0 Å². The fraction of sp³-hybridized carbons (Fsp3) is 0.346. The van der Waals surface area contributed by atoms with E-state index in [0.29, 0.717) is 23.0 Å². The summed E-state index contributed by atoms with van der Waals surface area (Å²) >= 11 is 0. The molecular formula is C26H26F2N6O3. The third kappa shape index (κ3) is 6.46. The number of carbonyl (C=O) groups is 1. The summed E-state index contributed by atoms with van der Waals surface area (Å²) in [5.41, 5.74) is 0.400. The normalized spacial score (nSPS) is 17.0. The van der Waals surface area contributed by atoms with Gasteiger partial charge in [0.2, 0.25) is 5.95 Å². The van der Waals surface area contributed by atoms with Crippen LogP contribution in [0.3, 0.4) is 0 Å². The van der Waals surface area contributed by atoms with Gasteiger partial charge in [0.25, 0.3) is 0 Å². The lowest BCUT2D eigenvalue weighted by molar-refractivity contribution is -0.137. The number of nitriles is 1. The molecule has 0 spiro atoms. The number of carbonyl (C=O) groups excluding carboxylic acids is 1. The van der Waals surface area contributed by atoms with Gasteiger partial charge in [-0.3, -0.25) is 0 Å². The summed E-state index contributed by atoms with van der Waals surface area (Å²) in [6, 6.07) is 13.7. The number of alkyl halides is 2. The molecule has 4 rings (SSSR count). The van der Waals surface area contributed by atoms with Crippen LogP contribution < -0.4 is 10.1 Å². The standard InChI is InChI=1S/C26H26F2N6O3/c1-25(2,3)37-24(35)34-13-10-21(26(27,28)16-34)36-20-8-7-17(14-18(20)15-29)19-9-12-31-23(32-19)33-22-6-4-5-11-30-22/h4-9,11-12,14,21H,10,13,16H2,1-3H3,(H,30,31,32,33). The van der Waals surface area contributed by atoms with Gasteiger partial charge in [0, 0.05) is 30.9 Å². The Balaban J connectivity index is 1.48. The Morgan fingerprint density at radius 3 is 2.68 bits per heavy atom. The second kappa shape index (κ2) is 10.3. The Morgan fingerprint density at radius 1 is 1.19 bits per heavy atom. The van der Waals surface area contributed by atoms with E-state index in [1.165, 1.54) is 12.1 Å². The smallest absolute Gasteiger partial charge is 0.410 e. The first-order chi connectivity index (χ1) is 17.5.